The highest BCUT2D eigenvalue weighted by molar-refractivity contribution is 9.10. The lowest BCUT2D eigenvalue weighted by molar-refractivity contribution is 0.117. The number of hydrogen-bond acceptors (Lipinski definition) is 3. The first-order valence-electron chi connectivity index (χ1n) is 6.04. The van der Waals surface area contributed by atoms with Gasteiger partial charge in [0.25, 0.3) is 0 Å². The van der Waals surface area contributed by atoms with E-state index in [0.29, 0.717) is 15.9 Å². The molecule has 2 unspecified atom stereocenters. The van der Waals surface area contributed by atoms with E-state index in [9.17, 15) is 13.5 Å². The first-order valence-corrected chi connectivity index (χ1v) is 8.69. The standard InChI is InChI=1S/C12H15BrClNO3S/c13-11-5-4-10(7-12(11)14)19(17,18)15-8-2-1-3-9(16)6-8/h4-5,7-9,15-16H,1-3,6H2. The number of nitrogens with one attached hydrogen (secondary N) is 1. The van der Waals surface area contributed by atoms with Crippen molar-refractivity contribution in [3.8, 4) is 0 Å². The van der Waals surface area contributed by atoms with Crippen molar-refractivity contribution >= 4 is 37.6 Å². The van der Waals surface area contributed by atoms with Gasteiger partial charge in [-0.05, 0) is 59.8 Å². The minimum Gasteiger partial charge on any atom is -0.393 e. The summed E-state index contributed by atoms with van der Waals surface area (Å²) in [5, 5.41) is 9.92. The second-order valence-electron chi connectivity index (χ2n) is 4.71. The highest BCUT2D eigenvalue weighted by atomic mass is 79.9. The van der Waals surface area contributed by atoms with Gasteiger partial charge in [0.1, 0.15) is 0 Å². The van der Waals surface area contributed by atoms with E-state index in [1.54, 1.807) is 6.07 Å². The van der Waals surface area contributed by atoms with Crippen LogP contribution in [0, 0.1) is 0 Å². The van der Waals surface area contributed by atoms with Gasteiger partial charge in [-0.3, -0.25) is 0 Å². The minimum atomic E-state index is -3.59. The Labute approximate surface area is 126 Å². The van der Waals surface area contributed by atoms with Crippen molar-refractivity contribution in [2.45, 2.75) is 42.7 Å². The lowest BCUT2D eigenvalue weighted by Gasteiger charge is -2.26. The first kappa shape index (κ1) is 15.3. The summed E-state index contributed by atoms with van der Waals surface area (Å²) in [5.41, 5.74) is 0. The second kappa shape index (κ2) is 6.10. The largest absolute Gasteiger partial charge is 0.393 e. The van der Waals surface area contributed by atoms with Gasteiger partial charge in [-0.25, -0.2) is 13.1 Å². The molecule has 0 radical (unpaired) electrons. The van der Waals surface area contributed by atoms with E-state index in [2.05, 4.69) is 20.7 Å². The Morgan fingerprint density at radius 3 is 2.74 bits per heavy atom. The van der Waals surface area contributed by atoms with Crippen LogP contribution in [0.4, 0.5) is 0 Å². The van der Waals surface area contributed by atoms with E-state index in [1.807, 2.05) is 0 Å². The minimum absolute atomic E-state index is 0.140. The molecule has 0 saturated heterocycles. The zero-order chi connectivity index (χ0) is 14.0. The van der Waals surface area contributed by atoms with E-state index in [1.165, 1.54) is 12.1 Å². The van der Waals surface area contributed by atoms with Crippen molar-refractivity contribution in [2.75, 3.05) is 0 Å². The Balaban J connectivity index is 2.15. The second-order valence-corrected chi connectivity index (χ2v) is 7.69. The van der Waals surface area contributed by atoms with E-state index in [0.717, 1.165) is 19.3 Å². The number of aliphatic hydroxyl groups excluding tert-OH is 1. The molecule has 0 spiro atoms. The molecule has 1 fully saturated rings. The van der Waals surface area contributed by atoms with Gasteiger partial charge in [0.05, 0.1) is 16.0 Å². The van der Waals surface area contributed by atoms with Crippen LogP contribution in [0.2, 0.25) is 5.02 Å². The molecular formula is C12H15BrClNO3S. The van der Waals surface area contributed by atoms with Crippen LogP contribution >= 0.6 is 27.5 Å². The highest BCUT2D eigenvalue weighted by Gasteiger charge is 2.25. The normalized spacial score (nSPS) is 24.4. The fourth-order valence-corrected chi connectivity index (χ4v) is 4.00. The Morgan fingerprint density at radius 2 is 2.11 bits per heavy atom. The fraction of sp³-hybridized carbons (Fsp3) is 0.500. The third-order valence-corrected chi connectivity index (χ3v) is 5.92. The summed E-state index contributed by atoms with van der Waals surface area (Å²) in [5.74, 6) is 0. The van der Waals surface area contributed by atoms with Crippen LogP contribution in [-0.2, 0) is 10.0 Å². The molecule has 0 amide bonds. The van der Waals surface area contributed by atoms with Crippen molar-refractivity contribution in [1.82, 2.24) is 4.72 Å². The molecule has 2 N–H and O–H groups in total. The SMILES string of the molecule is O=S(=O)(NC1CCCC(O)C1)c1ccc(Br)c(Cl)c1. The maximum Gasteiger partial charge on any atom is 0.240 e. The molecule has 1 aliphatic carbocycles. The monoisotopic (exact) mass is 367 g/mol. The van der Waals surface area contributed by atoms with E-state index < -0.39 is 16.1 Å². The third-order valence-electron chi connectivity index (χ3n) is 3.17. The number of halogens is 2. The van der Waals surface area contributed by atoms with Crippen LogP contribution in [0.5, 0.6) is 0 Å². The van der Waals surface area contributed by atoms with Crippen molar-refractivity contribution in [1.29, 1.82) is 0 Å². The maximum absolute atomic E-state index is 12.2. The molecule has 0 bridgehead atoms. The molecule has 0 aromatic heterocycles. The first-order chi connectivity index (χ1) is 8.88. The lowest BCUT2D eigenvalue weighted by Crippen LogP contribution is -2.39. The lowest BCUT2D eigenvalue weighted by atomic mass is 9.94. The van der Waals surface area contributed by atoms with Crippen molar-refractivity contribution < 1.29 is 13.5 Å². The topological polar surface area (TPSA) is 66.4 Å². The number of sulfonamides is 1. The summed E-state index contributed by atoms with van der Waals surface area (Å²) in [4.78, 5) is 0.140. The number of aliphatic hydroxyl groups is 1. The number of rotatable bonds is 3. The molecule has 2 rings (SSSR count). The highest BCUT2D eigenvalue weighted by Crippen LogP contribution is 2.26. The van der Waals surface area contributed by atoms with E-state index >= 15 is 0 Å². The van der Waals surface area contributed by atoms with Crippen molar-refractivity contribution in [3.63, 3.8) is 0 Å². The summed E-state index contributed by atoms with van der Waals surface area (Å²) in [6.45, 7) is 0. The average Bonchev–Trinajstić information content (AvgIpc) is 2.32. The Bertz CT molecular complexity index is 564. The predicted octanol–water partition coefficient (Wildman–Crippen LogP) is 2.68. The van der Waals surface area contributed by atoms with Crippen molar-refractivity contribution in [3.05, 3.63) is 27.7 Å². The van der Waals surface area contributed by atoms with Gasteiger partial charge in [0.2, 0.25) is 10.0 Å². The van der Waals surface area contributed by atoms with Crippen LogP contribution < -0.4 is 4.72 Å². The van der Waals surface area contributed by atoms with Gasteiger partial charge >= 0.3 is 0 Å². The summed E-state index contributed by atoms with van der Waals surface area (Å²) in [6.07, 6.45) is 2.36. The van der Waals surface area contributed by atoms with E-state index in [4.69, 9.17) is 11.6 Å². The van der Waals surface area contributed by atoms with Crippen LogP contribution in [0.25, 0.3) is 0 Å². The van der Waals surface area contributed by atoms with Crippen LogP contribution in [0.1, 0.15) is 25.7 Å². The van der Waals surface area contributed by atoms with Crippen LogP contribution in [0.3, 0.4) is 0 Å². The molecule has 1 aromatic rings. The number of hydrogen-bond donors (Lipinski definition) is 2. The average molecular weight is 369 g/mol. The maximum atomic E-state index is 12.2. The summed E-state index contributed by atoms with van der Waals surface area (Å²) in [7, 11) is -3.59. The Hall–Kier alpha value is -0.140. The van der Waals surface area contributed by atoms with Gasteiger partial charge in [0, 0.05) is 10.5 Å². The van der Waals surface area contributed by atoms with Gasteiger partial charge in [-0.1, -0.05) is 11.6 Å². The van der Waals surface area contributed by atoms with Gasteiger partial charge in [-0.2, -0.15) is 0 Å². The fourth-order valence-electron chi connectivity index (χ4n) is 2.20. The predicted molar refractivity (Wildman–Crippen MR) is 77.7 cm³/mol. The molecule has 0 aliphatic heterocycles. The van der Waals surface area contributed by atoms with Gasteiger partial charge < -0.3 is 5.11 Å². The summed E-state index contributed by atoms with van der Waals surface area (Å²) < 4.78 is 27.7. The molecule has 7 heteroatoms. The quantitative estimate of drug-likeness (QED) is 0.862. The molecule has 1 aromatic carbocycles. The zero-order valence-electron chi connectivity index (χ0n) is 10.1. The molecule has 19 heavy (non-hydrogen) atoms. The molecule has 1 aliphatic rings. The van der Waals surface area contributed by atoms with Gasteiger partial charge in [-0.15, -0.1) is 0 Å². The van der Waals surface area contributed by atoms with Crippen LogP contribution in [-0.4, -0.2) is 25.7 Å². The molecule has 2 atom stereocenters. The van der Waals surface area contributed by atoms with Crippen molar-refractivity contribution in [2.24, 2.45) is 0 Å². The summed E-state index contributed by atoms with van der Waals surface area (Å²) >= 11 is 9.13. The van der Waals surface area contributed by atoms with Gasteiger partial charge in [0.15, 0.2) is 0 Å². The molecule has 1 saturated carbocycles. The number of benzene rings is 1. The zero-order valence-corrected chi connectivity index (χ0v) is 13.3. The molecule has 0 heterocycles. The third kappa shape index (κ3) is 3.92. The smallest absolute Gasteiger partial charge is 0.240 e. The Kier molecular flexibility index (Phi) is 4.89. The summed E-state index contributed by atoms with van der Waals surface area (Å²) in [6, 6.07) is 4.30. The molecule has 4 nitrogen and oxygen atoms in total. The van der Waals surface area contributed by atoms with E-state index in [-0.39, 0.29) is 10.9 Å². The molecule has 106 valence electrons. The Morgan fingerprint density at radius 1 is 1.37 bits per heavy atom. The van der Waals surface area contributed by atoms with Crippen LogP contribution in [0.15, 0.2) is 27.6 Å². The molecular weight excluding hydrogens is 354 g/mol.